The molecule has 1 aliphatic rings. The lowest BCUT2D eigenvalue weighted by molar-refractivity contribution is 0.0597. The first kappa shape index (κ1) is 15.6. The van der Waals surface area contributed by atoms with Crippen molar-refractivity contribution in [2.75, 3.05) is 26.8 Å². The first-order valence-corrected chi connectivity index (χ1v) is 7.87. The summed E-state index contributed by atoms with van der Waals surface area (Å²) >= 11 is 0. The van der Waals surface area contributed by atoms with Crippen LogP contribution in [0.1, 0.15) is 21.5 Å². The fourth-order valence-corrected chi connectivity index (χ4v) is 2.94. The normalized spacial score (nSPS) is 14.1. The SMILES string of the molecule is COC(=O)c1cccc2c1CN(CCOc1ccccc1)CC2. The van der Waals surface area contributed by atoms with Gasteiger partial charge in [0.15, 0.2) is 0 Å². The van der Waals surface area contributed by atoms with Crippen molar-refractivity contribution in [2.24, 2.45) is 0 Å². The fraction of sp³-hybridized carbons (Fsp3) is 0.316. The number of hydrogen-bond donors (Lipinski definition) is 0. The summed E-state index contributed by atoms with van der Waals surface area (Å²) in [4.78, 5) is 14.2. The molecule has 0 fully saturated rings. The summed E-state index contributed by atoms with van der Waals surface area (Å²) in [5.74, 6) is 0.629. The van der Waals surface area contributed by atoms with Crippen LogP contribution >= 0.6 is 0 Å². The summed E-state index contributed by atoms with van der Waals surface area (Å²) in [6.45, 7) is 3.22. The molecule has 0 bridgehead atoms. The Kier molecular flexibility index (Phi) is 4.93. The van der Waals surface area contributed by atoms with E-state index in [-0.39, 0.29) is 5.97 Å². The van der Waals surface area contributed by atoms with Gasteiger partial charge in [0, 0.05) is 19.6 Å². The zero-order chi connectivity index (χ0) is 16.1. The Hall–Kier alpha value is -2.33. The Balaban J connectivity index is 1.62. The topological polar surface area (TPSA) is 38.8 Å². The second-order valence-electron chi connectivity index (χ2n) is 5.62. The molecule has 0 aliphatic carbocycles. The molecule has 0 amide bonds. The Morgan fingerprint density at radius 2 is 1.96 bits per heavy atom. The molecular weight excluding hydrogens is 290 g/mol. The van der Waals surface area contributed by atoms with Crippen molar-refractivity contribution in [3.8, 4) is 5.75 Å². The van der Waals surface area contributed by atoms with E-state index in [2.05, 4.69) is 11.0 Å². The molecule has 0 atom stereocenters. The number of rotatable bonds is 5. The van der Waals surface area contributed by atoms with Crippen molar-refractivity contribution in [2.45, 2.75) is 13.0 Å². The molecular formula is C19H21NO3. The van der Waals surface area contributed by atoms with Gasteiger partial charge in [0.25, 0.3) is 0 Å². The standard InChI is InChI=1S/C19H21NO3/c1-22-19(21)17-9-5-6-15-10-11-20(14-18(15)17)12-13-23-16-7-3-2-4-8-16/h2-9H,10-14H2,1H3. The Morgan fingerprint density at radius 1 is 1.13 bits per heavy atom. The van der Waals surface area contributed by atoms with Gasteiger partial charge in [-0.15, -0.1) is 0 Å². The van der Waals surface area contributed by atoms with Gasteiger partial charge in [-0.3, -0.25) is 4.90 Å². The Morgan fingerprint density at radius 3 is 2.74 bits per heavy atom. The van der Waals surface area contributed by atoms with E-state index >= 15 is 0 Å². The summed E-state index contributed by atoms with van der Waals surface area (Å²) in [5.41, 5.74) is 3.01. The van der Waals surface area contributed by atoms with Crippen LogP contribution in [0.25, 0.3) is 0 Å². The van der Waals surface area contributed by atoms with E-state index in [0.29, 0.717) is 12.2 Å². The largest absolute Gasteiger partial charge is 0.492 e. The number of esters is 1. The van der Waals surface area contributed by atoms with Gasteiger partial charge in [-0.2, -0.15) is 0 Å². The van der Waals surface area contributed by atoms with Crippen LogP contribution in [-0.4, -0.2) is 37.7 Å². The molecule has 23 heavy (non-hydrogen) atoms. The van der Waals surface area contributed by atoms with Crippen molar-refractivity contribution >= 4 is 5.97 Å². The van der Waals surface area contributed by atoms with E-state index in [1.54, 1.807) is 0 Å². The number of fused-ring (bicyclic) bond motifs is 1. The number of carbonyl (C=O) groups excluding carboxylic acids is 1. The lowest BCUT2D eigenvalue weighted by Gasteiger charge is -2.29. The van der Waals surface area contributed by atoms with Crippen LogP contribution in [0, 0.1) is 0 Å². The van der Waals surface area contributed by atoms with Crippen LogP contribution in [0.15, 0.2) is 48.5 Å². The molecule has 1 heterocycles. The Labute approximate surface area is 136 Å². The molecule has 0 saturated heterocycles. The van der Waals surface area contributed by atoms with E-state index in [1.807, 2.05) is 42.5 Å². The van der Waals surface area contributed by atoms with Crippen LogP contribution in [0.3, 0.4) is 0 Å². The average molecular weight is 311 g/mol. The Bertz CT molecular complexity index is 670. The minimum atomic E-state index is -0.260. The number of para-hydroxylation sites is 1. The maximum absolute atomic E-state index is 11.9. The van der Waals surface area contributed by atoms with Crippen LogP contribution in [0.5, 0.6) is 5.75 Å². The highest BCUT2D eigenvalue weighted by Gasteiger charge is 2.21. The minimum Gasteiger partial charge on any atom is -0.492 e. The van der Waals surface area contributed by atoms with Gasteiger partial charge in [0.2, 0.25) is 0 Å². The molecule has 4 heteroatoms. The minimum absolute atomic E-state index is 0.260. The third-order valence-electron chi connectivity index (χ3n) is 4.18. The summed E-state index contributed by atoms with van der Waals surface area (Å²) in [6, 6.07) is 15.7. The second-order valence-corrected chi connectivity index (χ2v) is 5.62. The second kappa shape index (κ2) is 7.29. The van der Waals surface area contributed by atoms with E-state index in [0.717, 1.165) is 37.4 Å². The van der Waals surface area contributed by atoms with Gasteiger partial charge >= 0.3 is 5.97 Å². The summed E-state index contributed by atoms with van der Waals surface area (Å²) in [7, 11) is 1.43. The molecule has 4 nitrogen and oxygen atoms in total. The lowest BCUT2D eigenvalue weighted by Crippen LogP contribution is -2.34. The molecule has 1 aliphatic heterocycles. The van der Waals surface area contributed by atoms with Crippen molar-refractivity contribution < 1.29 is 14.3 Å². The zero-order valence-electron chi connectivity index (χ0n) is 13.3. The number of carbonyl (C=O) groups is 1. The maximum Gasteiger partial charge on any atom is 0.338 e. The lowest BCUT2D eigenvalue weighted by atomic mass is 9.95. The highest BCUT2D eigenvalue weighted by atomic mass is 16.5. The molecule has 0 radical (unpaired) electrons. The van der Waals surface area contributed by atoms with Crippen molar-refractivity contribution in [1.82, 2.24) is 4.90 Å². The van der Waals surface area contributed by atoms with Crippen molar-refractivity contribution in [1.29, 1.82) is 0 Å². The number of hydrogen-bond acceptors (Lipinski definition) is 4. The first-order valence-electron chi connectivity index (χ1n) is 7.87. The van der Waals surface area contributed by atoms with Gasteiger partial charge < -0.3 is 9.47 Å². The quantitative estimate of drug-likeness (QED) is 0.796. The highest BCUT2D eigenvalue weighted by Crippen LogP contribution is 2.23. The number of methoxy groups -OCH3 is 1. The molecule has 0 N–H and O–H groups in total. The molecule has 120 valence electrons. The van der Waals surface area contributed by atoms with Gasteiger partial charge in [-0.25, -0.2) is 4.79 Å². The van der Waals surface area contributed by atoms with E-state index < -0.39 is 0 Å². The first-order chi connectivity index (χ1) is 11.3. The predicted octanol–water partition coefficient (Wildman–Crippen LogP) is 2.91. The van der Waals surface area contributed by atoms with Crippen LogP contribution in [-0.2, 0) is 17.7 Å². The number of benzene rings is 2. The smallest absolute Gasteiger partial charge is 0.338 e. The average Bonchev–Trinajstić information content (AvgIpc) is 2.61. The number of ether oxygens (including phenoxy) is 2. The van der Waals surface area contributed by atoms with Crippen molar-refractivity contribution in [3.63, 3.8) is 0 Å². The van der Waals surface area contributed by atoms with Gasteiger partial charge in [-0.05, 0) is 35.7 Å². The molecule has 0 aromatic heterocycles. The fourth-order valence-electron chi connectivity index (χ4n) is 2.94. The zero-order valence-corrected chi connectivity index (χ0v) is 13.3. The molecule has 0 spiro atoms. The van der Waals surface area contributed by atoms with Gasteiger partial charge in [-0.1, -0.05) is 30.3 Å². The predicted molar refractivity (Wildman–Crippen MR) is 88.7 cm³/mol. The molecule has 3 rings (SSSR count). The van der Waals surface area contributed by atoms with Crippen molar-refractivity contribution in [3.05, 3.63) is 65.2 Å². The maximum atomic E-state index is 11.9. The van der Waals surface area contributed by atoms with Gasteiger partial charge in [0.05, 0.1) is 12.7 Å². The third kappa shape index (κ3) is 3.71. The van der Waals surface area contributed by atoms with Crippen LogP contribution in [0.4, 0.5) is 0 Å². The monoisotopic (exact) mass is 311 g/mol. The summed E-state index contributed by atoms with van der Waals surface area (Å²) < 4.78 is 10.7. The number of nitrogens with zero attached hydrogens (tertiary/aromatic N) is 1. The van der Waals surface area contributed by atoms with E-state index in [1.165, 1.54) is 12.7 Å². The molecule has 0 saturated carbocycles. The highest BCUT2D eigenvalue weighted by molar-refractivity contribution is 5.91. The van der Waals surface area contributed by atoms with E-state index in [4.69, 9.17) is 9.47 Å². The van der Waals surface area contributed by atoms with E-state index in [9.17, 15) is 4.79 Å². The molecule has 2 aromatic carbocycles. The van der Waals surface area contributed by atoms with Crippen LogP contribution < -0.4 is 4.74 Å². The summed E-state index contributed by atoms with van der Waals surface area (Å²) in [6.07, 6.45) is 0.950. The molecule has 0 unspecified atom stereocenters. The summed E-state index contributed by atoms with van der Waals surface area (Å²) in [5, 5.41) is 0. The third-order valence-corrected chi connectivity index (χ3v) is 4.18. The molecule has 2 aromatic rings. The van der Waals surface area contributed by atoms with Gasteiger partial charge in [0.1, 0.15) is 12.4 Å². The van der Waals surface area contributed by atoms with Crippen LogP contribution in [0.2, 0.25) is 0 Å².